The Bertz CT molecular complexity index is 521. The Balaban J connectivity index is 2.54. The van der Waals surface area contributed by atoms with Crippen molar-refractivity contribution in [1.82, 2.24) is 9.61 Å². The zero-order valence-electron chi connectivity index (χ0n) is 7.34. The summed E-state index contributed by atoms with van der Waals surface area (Å²) in [5.41, 5.74) is 1.25. The zero-order chi connectivity index (χ0) is 9.97. The summed E-state index contributed by atoms with van der Waals surface area (Å²) in [6.45, 7) is 0. The fourth-order valence-corrected chi connectivity index (χ4v) is 1.32. The van der Waals surface area contributed by atoms with Crippen molar-refractivity contribution in [2.75, 3.05) is 0 Å². The Morgan fingerprint density at radius 3 is 3.21 bits per heavy atom. The van der Waals surface area contributed by atoms with Crippen LogP contribution in [-0.4, -0.2) is 15.4 Å². The number of carbonyl (C=O) groups excluding carboxylic acids is 1. The summed E-state index contributed by atoms with van der Waals surface area (Å²) in [5.74, 6) is -0.186. The van der Waals surface area contributed by atoms with Crippen molar-refractivity contribution < 1.29 is 4.79 Å². The van der Waals surface area contributed by atoms with Gasteiger partial charge in [-0.05, 0) is 12.1 Å². The summed E-state index contributed by atoms with van der Waals surface area (Å²) in [7, 11) is 0. The van der Waals surface area contributed by atoms with Crippen LogP contribution in [0.3, 0.4) is 0 Å². The number of rotatable bonds is 2. The van der Waals surface area contributed by atoms with E-state index in [1.807, 2.05) is 18.2 Å². The SMILES string of the molecule is N#CCC(=O)c1cnn2ccccc12. The van der Waals surface area contributed by atoms with E-state index in [2.05, 4.69) is 5.10 Å². The standard InChI is InChI=1S/C10H7N3O/c11-5-4-10(14)8-7-12-13-6-2-1-3-9(8)13/h1-3,6-7H,4H2. The topological polar surface area (TPSA) is 58.2 Å². The zero-order valence-corrected chi connectivity index (χ0v) is 7.34. The molecule has 0 fully saturated rings. The predicted octanol–water partition coefficient (Wildman–Crippen LogP) is 1.43. The summed E-state index contributed by atoms with van der Waals surface area (Å²) in [6.07, 6.45) is 3.16. The molecule has 0 radical (unpaired) electrons. The molecule has 0 aliphatic carbocycles. The van der Waals surface area contributed by atoms with E-state index in [4.69, 9.17) is 5.26 Å². The second-order valence-electron chi connectivity index (χ2n) is 2.85. The van der Waals surface area contributed by atoms with Crippen LogP contribution in [0.25, 0.3) is 5.52 Å². The van der Waals surface area contributed by atoms with Gasteiger partial charge in [-0.3, -0.25) is 4.79 Å². The van der Waals surface area contributed by atoms with Crippen LogP contribution in [-0.2, 0) is 0 Å². The van der Waals surface area contributed by atoms with Crippen molar-refractivity contribution in [2.24, 2.45) is 0 Å². The minimum Gasteiger partial charge on any atom is -0.293 e. The van der Waals surface area contributed by atoms with E-state index in [9.17, 15) is 4.79 Å². The van der Waals surface area contributed by atoms with Crippen molar-refractivity contribution in [3.8, 4) is 6.07 Å². The third kappa shape index (κ3) is 1.25. The molecule has 0 unspecified atom stereocenters. The largest absolute Gasteiger partial charge is 0.293 e. The molecule has 0 saturated heterocycles. The molecule has 14 heavy (non-hydrogen) atoms. The van der Waals surface area contributed by atoms with Gasteiger partial charge in [0.25, 0.3) is 0 Å². The molecule has 0 N–H and O–H groups in total. The van der Waals surface area contributed by atoms with Gasteiger partial charge in [-0.15, -0.1) is 0 Å². The number of Topliss-reactive ketones (excluding diaryl/α,β-unsaturated/α-hetero) is 1. The molecule has 0 bridgehead atoms. The Hall–Kier alpha value is -2.15. The van der Waals surface area contributed by atoms with Crippen LogP contribution >= 0.6 is 0 Å². The van der Waals surface area contributed by atoms with Gasteiger partial charge in [-0.1, -0.05) is 6.07 Å². The number of fused-ring (bicyclic) bond motifs is 1. The smallest absolute Gasteiger partial charge is 0.180 e. The van der Waals surface area contributed by atoms with Crippen LogP contribution in [0.1, 0.15) is 16.8 Å². The highest BCUT2D eigenvalue weighted by atomic mass is 16.1. The van der Waals surface area contributed by atoms with Gasteiger partial charge in [-0.25, -0.2) is 4.52 Å². The quantitative estimate of drug-likeness (QED) is 0.665. The average Bonchev–Trinajstić information content (AvgIpc) is 2.61. The molecule has 0 spiro atoms. The molecule has 0 atom stereocenters. The molecule has 68 valence electrons. The van der Waals surface area contributed by atoms with E-state index >= 15 is 0 Å². The maximum absolute atomic E-state index is 11.4. The van der Waals surface area contributed by atoms with Gasteiger partial charge in [0.15, 0.2) is 5.78 Å². The predicted molar refractivity (Wildman–Crippen MR) is 49.8 cm³/mol. The summed E-state index contributed by atoms with van der Waals surface area (Å²) < 4.78 is 1.62. The molecule has 2 aromatic heterocycles. The van der Waals surface area contributed by atoms with E-state index in [0.717, 1.165) is 5.52 Å². The lowest BCUT2D eigenvalue weighted by molar-refractivity contribution is 0.0999. The highest BCUT2D eigenvalue weighted by molar-refractivity contribution is 6.03. The fraction of sp³-hybridized carbons (Fsp3) is 0.100. The summed E-state index contributed by atoms with van der Waals surface area (Å²) >= 11 is 0. The molecule has 0 saturated carbocycles. The molecule has 2 aromatic rings. The monoisotopic (exact) mass is 185 g/mol. The average molecular weight is 185 g/mol. The summed E-state index contributed by atoms with van der Waals surface area (Å²) in [6, 6.07) is 7.30. The van der Waals surface area contributed by atoms with Crippen molar-refractivity contribution in [3.63, 3.8) is 0 Å². The van der Waals surface area contributed by atoms with Gasteiger partial charge in [0.05, 0.1) is 29.8 Å². The molecule has 0 amide bonds. The molecule has 0 aliphatic rings. The number of carbonyl (C=O) groups is 1. The molecule has 0 aromatic carbocycles. The fourth-order valence-electron chi connectivity index (χ4n) is 1.32. The lowest BCUT2D eigenvalue weighted by Gasteiger charge is -1.93. The van der Waals surface area contributed by atoms with Crippen LogP contribution in [0.2, 0.25) is 0 Å². The number of pyridine rings is 1. The van der Waals surface area contributed by atoms with Crippen molar-refractivity contribution in [1.29, 1.82) is 5.26 Å². The Morgan fingerprint density at radius 2 is 2.43 bits per heavy atom. The van der Waals surface area contributed by atoms with Crippen LogP contribution in [0.15, 0.2) is 30.6 Å². The Morgan fingerprint density at radius 1 is 1.57 bits per heavy atom. The van der Waals surface area contributed by atoms with E-state index in [1.54, 1.807) is 16.8 Å². The molecular formula is C10H7N3O. The number of ketones is 1. The van der Waals surface area contributed by atoms with Crippen LogP contribution in [0, 0.1) is 11.3 Å². The van der Waals surface area contributed by atoms with Gasteiger partial charge >= 0.3 is 0 Å². The molecule has 4 heteroatoms. The lowest BCUT2D eigenvalue weighted by atomic mass is 10.1. The van der Waals surface area contributed by atoms with E-state index < -0.39 is 0 Å². The highest BCUT2D eigenvalue weighted by Gasteiger charge is 2.10. The third-order valence-electron chi connectivity index (χ3n) is 1.97. The Labute approximate surface area is 80.4 Å². The van der Waals surface area contributed by atoms with Gasteiger partial charge in [-0.2, -0.15) is 10.4 Å². The number of nitriles is 1. The van der Waals surface area contributed by atoms with Crippen LogP contribution < -0.4 is 0 Å². The molecule has 2 heterocycles. The summed E-state index contributed by atoms with van der Waals surface area (Å²) in [4.78, 5) is 11.4. The van der Waals surface area contributed by atoms with Crippen molar-refractivity contribution in [3.05, 3.63) is 36.2 Å². The number of aromatic nitrogens is 2. The van der Waals surface area contributed by atoms with E-state index in [0.29, 0.717) is 5.56 Å². The maximum Gasteiger partial charge on any atom is 0.180 e. The normalized spacial score (nSPS) is 9.93. The molecule has 2 rings (SSSR count). The first-order chi connectivity index (χ1) is 6.83. The first kappa shape index (κ1) is 8.45. The highest BCUT2D eigenvalue weighted by Crippen LogP contribution is 2.11. The van der Waals surface area contributed by atoms with E-state index in [-0.39, 0.29) is 12.2 Å². The lowest BCUT2D eigenvalue weighted by Crippen LogP contribution is -1.96. The van der Waals surface area contributed by atoms with Crippen molar-refractivity contribution >= 4 is 11.3 Å². The summed E-state index contributed by atoms with van der Waals surface area (Å²) in [5, 5.41) is 12.4. The minimum atomic E-state index is -0.186. The van der Waals surface area contributed by atoms with Gasteiger partial charge in [0, 0.05) is 6.20 Å². The van der Waals surface area contributed by atoms with Crippen LogP contribution in [0.5, 0.6) is 0 Å². The second-order valence-corrected chi connectivity index (χ2v) is 2.85. The van der Waals surface area contributed by atoms with Gasteiger partial charge in [0.2, 0.25) is 0 Å². The number of nitrogens with zero attached hydrogens (tertiary/aromatic N) is 3. The second kappa shape index (κ2) is 3.30. The number of hydrogen-bond acceptors (Lipinski definition) is 3. The van der Waals surface area contributed by atoms with Crippen LogP contribution in [0.4, 0.5) is 0 Å². The molecular weight excluding hydrogens is 178 g/mol. The minimum absolute atomic E-state index is 0.101. The molecule has 0 aliphatic heterocycles. The molecule has 4 nitrogen and oxygen atoms in total. The van der Waals surface area contributed by atoms with Gasteiger partial charge in [0.1, 0.15) is 0 Å². The first-order valence-electron chi connectivity index (χ1n) is 4.15. The first-order valence-corrected chi connectivity index (χ1v) is 4.15. The van der Waals surface area contributed by atoms with Gasteiger partial charge < -0.3 is 0 Å². The maximum atomic E-state index is 11.4. The van der Waals surface area contributed by atoms with E-state index in [1.165, 1.54) is 6.20 Å². The number of hydrogen-bond donors (Lipinski definition) is 0. The third-order valence-corrected chi connectivity index (χ3v) is 1.97. The Kier molecular flexibility index (Phi) is 1.99. The van der Waals surface area contributed by atoms with Crippen molar-refractivity contribution in [2.45, 2.75) is 6.42 Å².